The molecule has 0 radical (unpaired) electrons. The van der Waals surface area contributed by atoms with Gasteiger partial charge in [0.05, 0.1) is 15.9 Å². The Balaban J connectivity index is 1.34. The van der Waals surface area contributed by atoms with Crippen LogP contribution in [0.3, 0.4) is 0 Å². The van der Waals surface area contributed by atoms with Crippen molar-refractivity contribution in [2.24, 2.45) is 0 Å². The van der Waals surface area contributed by atoms with E-state index in [4.69, 9.17) is 0 Å². The van der Waals surface area contributed by atoms with Gasteiger partial charge >= 0.3 is 0 Å². The first-order valence-electron chi connectivity index (χ1n) is 12.3. The van der Waals surface area contributed by atoms with Crippen LogP contribution < -0.4 is 5.32 Å². The third-order valence-electron chi connectivity index (χ3n) is 6.59. The van der Waals surface area contributed by atoms with Crippen molar-refractivity contribution >= 4 is 27.0 Å². The molecule has 1 fully saturated rings. The highest BCUT2D eigenvalue weighted by molar-refractivity contribution is 7.89. The van der Waals surface area contributed by atoms with Gasteiger partial charge in [0.15, 0.2) is 0 Å². The highest BCUT2D eigenvalue weighted by Gasteiger charge is 2.20. The number of aromatic nitrogens is 2. The number of nitrogens with zero attached hydrogens (tertiary/aromatic N) is 4. The van der Waals surface area contributed by atoms with E-state index < -0.39 is 10.0 Å². The standard InChI is InChI=1S/C26H35N5O3S/c1-4-31-24-12-11-22(35(33,34)29(2)3)17-23(24)28-25(31)13-14-26(32)27-18-20-7-9-21(10-8-20)19-30-15-5-6-16-30/h7-12,17H,4-6,13-16,18-19H2,1-3H3,(H,27,32). The molecular formula is C26H35N5O3S. The van der Waals surface area contributed by atoms with E-state index in [2.05, 4.69) is 39.5 Å². The van der Waals surface area contributed by atoms with Crippen LogP contribution in [-0.2, 0) is 40.9 Å². The predicted octanol–water partition coefficient (Wildman–Crippen LogP) is 3.15. The molecule has 2 heterocycles. The first-order chi connectivity index (χ1) is 16.8. The lowest BCUT2D eigenvalue weighted by Gasteiger charge is -2.14. The summed E-state index contributed by atoms with van der Waals surface area (Å²) in [6.07, 6.45) is 3.38. The number of aryl methyl sites for hydroxylation is 2. The van der Waals surface area contributed by atoms with Crippen LogP contribution in [0, 0.1) is 0 Å². The molecule has 9 heteroatoms. The Morgan fingerprint density at radius 3 is 2.40 bits per heavy atom. The normalized spacial score (nSPS) is 14.7. The van der Waals surface area contributed by atoms with Crippen molar-refractivity contribution in [3.05, 3.63) is 59.4 Å². The number of imidazole rings is 1. The van der Waals surface area contributed by atoms with Crippen molar-refractivity contribution in [3.63, 3.8) is 0 Å². The molecule has 1 aliphatic heterocycles. The number of amides is 1. The third kappa shape index (κ3) is 5.91. The van der Waals surface area contributed by atoms with Gasteiger partial charge in [0.1, 0.15) is 5.82 Å². The Labute approximate surface area is 208 Å². The quantitative estimate of drug-likeness (QED) is 0.465. The summed E-state index contributed by atoms with van der Waals surface area (Å²) in [5, 5.41) is 3.00. The summed E-state index contributed by atoms with van der Waals surface area (Å²) < 4.78 is 28.2. The van der Waals surface area contributed by atoms with Gasteiger partial charge in [0.2, 0.25) is 15.9 Å². The van der Waals surface area contributed by atoms with E-state index in [0.717, 1.165) is 23.4 Å². The first-order valence-corrected chi connectivity index (χ1v) is 13.7. The zero-order valence-corrected chi connectivity index (χ0v) is 21.6. The van der Waals surface area contributed by atoms with Crippen LogP contribution >= 0.6 is 0 Å². The summed E-state index contributed by atoms with van der Waals surface area (Å²) in [7, 11) is -0.507. The maximum Gasteiger partial charge on any atom is 0.242 e. The van der Waals surface area contributed by atoms with Crippen LogP contribution in [0.1, 0.15) is 43.1 Å². The minimum Gasteiger partial charge on any atom is -0.352 e. The molecule has 8 nitrogen and oxygen atoms in total. The molecule has 1 N–H and O–H groups in total. The summed E-state index contributed by atoms with van der Waals surface area (Å²) >= 11 is 0. The highest BCUT2D eigenvalue weighted by Crippen LogP contribution is 2.23. The fourth-order valence-corrected chi connectivity index (χ4v) is 5.47. The molecule has 0 spiro atoms. The van der Waals surface area contributed by atoms with E-state index in [0.29, 0.717) is 31.4 Å². The molecule has 3 aromatic rings. The van der Waals surface area contributed by atoms with E-state index >= 15 is 0 Å². The van der Waals surface area contributed by atoms with E-state index in [1.807, 2.05) is 11.5 Å². The van der Waals surface area contributed by atoms with Crippen LogP contribution in [0.25, 0.3) is 11.0 Å². The summed E-state index contributed by atoms with van der Waals surface area (Å²) in [5.74, 6) is 0.750. The molecule has 35 heavy (non-hydrogen) atoms. The third-order valence-corrected chi connectivity index (χ3v) is 8.40. The van der Waals surface area contributed by atoms with Gasteiger partial charge < -0.3 is 9.88 Å². The average Bonchev–Trinajstić information content (AvgIpc) is 3.48. The average molecular weight is 498 g/mol. The molecule has 0 saturated carbocycles. The van der Waals surface area contributed by atoms with Crippen molar-refractivity contribution in [1.82, 2.24) is 24.1 Å². The Morgan fingerprint density at radius 1 is 1.06 bits per heavy atom. The number of likely N-dealkylation sites (tertiary alicyclic amines) is 1. The number of carbonyl (C=O) groups is 1. The molecular weight excluding hydrogens is 462 g/mol. The molecule has 0 atom stereocenters. The van der Waals surface area contributed by atoms with Gasteiger partial charge in [-0.15, -0.1) is 0 Å². The Hall–Kier alpha value is -2.75. The van der Waals surface area contributed by atoms with E-state index in [9.17, 15) is 13.2 Å². The molecule has 1 saturated heterocycles. The molecule has 1 amide bonds. The number of fused-ring (bicyclic) bond motifs is 1. The van der Waals surface area contributed by atoms with Gasteiger partial charge in [0.25, 0.3) is 0 Å². The predicted molar refractivity (Wildman–Crippen MR) is 137 cm³/mol. The van der Waals surface area contributed by atoms with Crippen LogP contribution in [-0.4, -0.2) is 60.3 Å². The second-order valence-electron chi connectivity index (χ2n) is 9.29. The summed E-state index contributed by atoms with van der Waals surface area (Å²) in [5.41, 5.74) is 3.88. The SMILES string of the molecule is CCn1c(CCC(=O)NCc2ccc(CN3CCCC3)cc2)nc2cc(S(=O)(=O)N(C)C)ccc21. The number of rotatable bonds is 10. The lowest BCUT2D eigenvalue weighted by Crippen LogP contribution is -2.23. The lowest BCUT2D eigenvalue weighted by atomic mass is 10.1. The molecule has 0 aliphatic carbocycles. The van der Waals surface area contributed by atoms with Gasteiger partial charge in [-0.2, -0.15) is 0 Å². The van der Waals surface area contributed by atoms with Crippen molar-refractivity contribution in [2.45, 2.75) is 57.1 Å². The molecule has 2 aromatic carbocycles. The largest absolute Gasteiger partial charge is 0.352 e. The van der Waals surface area contributed by atoms with Gasteiger partial charge in [-0.05, 0) is 62.2 Å². The molecule has 188 valence electrons. The maximum absolute atomic E-state index is 12.5. The highest BCUT2D eigenvalue weighted by atomic mass is 32.2. The summed E-state index contributed by atoms with van der Waals surface area (Å²) in [4.78, 5) is 19.9. The number of sulfonamides is 1. The lowest BCUT2D eigenvalue weighted by molar-refractivity contribution is -0.121. The Morgan fingerprint density at radius 2 is 1.74 bits per heavy atom. The van der Waals surface area contributed by atoms with E-state index in [-0.39, 0.29) is 10.8 Å². The van der Waals surface area contributed by atoms with Gasteiger partial charge in [0, 0.05) is 46.6 Å². The van der Waals surface area contributed by atoms with Gasteiger partial charge in [-0.1, -0.05) is 24.3 Å². The van der Waals surface area contributed by atoms with Crippen LogP contribution in [0.5, 0.6) is 0 Å². The molecule has 1 aromatic heterocycles. The Kier molecular flexibility index (Phi) is 7.88. The van der Waals surface area contributed by atoms with Crippen molar-refractivity contribution in [2.75, 3.05) is 27.2 Å². The molecule has 4 rings (SSSR count). The fourth-order valence-electron chi connectivity index (χ4n) is 4.55. The minimum absolute atomic E-state index is 0.0308. The van der Waals surface area contributed by atoms with Gasteiger partial charge in [-0.25, -0.2) is 17.7 Å². The molecule has 0 unspecified atom stereocenters. The fraction of sp³-hybridized carbons (Fsp3) is 0.462. The van der Waals surface area contributed by atoms with Crippen LogP contribution in [0.2, 0.25) is 0 Å². The smallest absolute Gasteiger partial charge is 0.242 e. The number of nitrogens with one attached hydrogen (secondary N) is 1. The van der Waals surface area contributed by atoms with E-state index in [1.165, 1.54) is 49.9 Å². The summed E-state index contributed by atoms with van der Waals surface area (Å²) in [6.45, 7) is 6.56. The molecule has 1 aliphatic rings. The van der Waals surface area contributed by atoms with Crippen LogP contribution in [0.4, 0.5) is 0 Å². The number of carbonyl (C=O) groups excluding carboxylic acids is 1. The van der Waals surface area contributed by atoms with Crippen molar-refractivity contribution in [3.8, 4) is 0 Å². The number of benzene rings is 2. The zero-order chi connectivity index (χ0) is 25.0. The zero-order valence-electron chi connectivity index (χ0n) is 20.8. The summed E-state index contributed by atoms with van der Waals surface area (Å²) in [6, 6.07) is 13.5. The maximum atomic E-state index is 12.5. The topological polar surface area (TPSA) is 87.5 Å². The second kappa shape index (κ2) is 10.9. The number of hydrogen-bond donors (Lipinski definition) is 1. The van der Waals surface area contributed by atoms with Crippen molar-refractivity contribution < 1.29 is 13.2 Å². The van der Waals surface area contributed by atoms with Crippen molar-refractivity contribution in [1.29, 1.82) is 0 Å². The van der Waals surface area contributed by atoms with Crippen LogP contribution in [0.15, 0.2) is 47.4 Å². The monoisotopic (exact) mass is 497 g/mol. The van der Waals surface area contributed by atoms with Gasteiger partial charge in [-0.3, -0.25) is 9.69 Å². The number of hydrogen-bond acceptors (Lipinski definition) is 5. The minimum atomic E-state index is -3.53. The molecule has 0 bridgehead atoms. The first kappa shape index (κ1) is 25.3. The Bertz CT molecular complexity index is 1280. The second-order valence-corrected chi connectivity index (χ2v) is 11.4. The van der Waals surface area contributed by atoms with E-state index in [1.54, 1.807) is 18.2 Å².